The van der Waals surface area contributed by atoms with Gasteiger partial charge in [-0.15, -0.1) is 0 Å². The van der Waals surface area contributed by atoms with Crippen molar-refractivity contribution in [2.24, 2.45) is 0 Å². The van der Waals surface area contributed by atoms with Crippen LogP contribution in [0.4, 0.5) is 0 Å². The van der Waals surface area contributed by atoms with Crippen LogP contribution in [0.15, 0.2) is 30.3 Å². The van der Waals surface area contributed by atoms with E-state index in [1.165, 1.54) is 0 Å². The van der Waals surface area contributed by atoms with Crippen LogP contribution in [0.25, 0.3) is 0 Å². The van der Waals surface area contributed by atoms with Crippen LogP contribution in [0.2, 0.25) is 0 Å². The molecule has 0 heterocycles. The molecule has 0 aliphatic carbocycles. The van der Waals surface area contributed by atoms with Crippen molar-refractivity contribution in [2.45, 2.75) is 0 Å². The van der Waals surface area contributed by atoms with Crippen LogP contribution in [-0.2, 0) is 21.6 Å². The van der Waals surface area contributed by atoms with E-state index < -0.39 is 8.25 Å². The van der Waals surface area contributed by atoms with Crippen molar-refractivity contribution < 1.29 is 31.1 Å². The summed E-state index contributed by atoms with van der Waals surface area (Å²) in [7, 11) is -2.84. The maximum absolute atomic E-state index is 10.1. The standard InChI is InChI=1S/C6H7O3P.Cu/c7-10(8)9-6-4-2-1-3-5-6;/h1-5,10H,(H,7,8);. The van der Waals surface area contributed by atoms with E-state index in [0.29, 0.717) is 5.75 Å². The molecule has 1 radical (unpaired) electrons. The van der Waals surface area contributed by atoms with Crippen molar-refractivity contribution in [2.75, 3.05) is 0 Å². The number of para-hydroxylation sites is 1. The molecule has 0 spiro atoms. The quantitative estimate of drug-likeness (QED) is 0.607. The van der Waals surface area contributed by atoms with Gasteiger partial charge in [-0.1, -0.05) is 18.2 Å². The van der Waals surface area contributed by atoms with Crippen LogP contribution in [0.3, 0.4) is 0 Å². The zero-order chi connectivity index (χ0) is 7.40. The minimum atomic E-state index is -2.84. The Labute approximate surface area is 75.8 Å². The SMILES string of the molecule is O=[PH](O)Oc1ccccc1.[Cu]. The number of rotatable bonds is 2. The van der Waals surface area contributed by atoms with Crippen molar-refractivity contribution in [1.82, 2.24) is 0 Å². The molecule has 1 aromatic rings. The minimum Gasteiger partial charge on any atom is -0.426 e. The number of hydrogen-bond donors (Lipinski definition) is 1. The van der Waals surface area contributed by atoms with Gasteiger partial charge in [0.25, 0.3) is 0 Å². The zero-order valence-corrected chi connectivity index (χ0v) is 7.39. The molecule has 5 heteroatoms. The second kappa shape index (κ2) is 5.39. The normalized spacial score (nSPS) is 11.4. The Kier molecular flexibility index (Phi) is 5.26. The Balaban J connectivity index is 0.000001000. The molecule has 1 rings (SSSR count). The molecule has 3 nitrogen and oxygen atoms in total. The molecule has 0 saturated heterocycles. The monoisotopic (exact) mass is 221 g/mol. The molecule has 1 aromatic carbocycles. The van der Waals surface area contributed by atoms with E-state index in [2.05, 4.69) is 4.52 Å². The Hall–Kier alpha value is -0.271. The molecule has 1 N–H and O–H groups in total. The summed E-state index contributed by atoms with van der Waals surface area (Å²) in [5.74, 6) is 0.425. The van der Waals surface area contributed by atoms with E-state index in [9.17, 15) is 4.57 Å². The third kappa shape index (κ3) is 4.23. The molecule has 65 valence electrons. The van der Waals surface area contributed by atoms with Gasteiger partial charge in [0.15, 0.2) is 0 Å². The Morgan fingerprint density at radius 1 is 1.27 bits per heavy atom. The third-order valence-electron chi connectivity index (χ3n) is 0.948. The fourth-order valence-corrected chi connectivity index (χ4v) is 0.927. The van der Waals surface area contributed by atoms with Gasteiger partial charge in [0.1, 0.15) is 5.75 Å². The van der Waals surface area contributed by atoms with Gasteiger partial charge in [0, 0.05) is 17.1 Å². The van der Waals surface area contributed by atoms with Gasteiger partial charge in [0.05, 0.1) is 0 Å². The Morgan fingerprint density at radius 2 is 1.82 bits per heavy atom. The van der Waals surface area contributed by atoms with Gasteiger partial charge in [-0.2, -0.15) is 0 Å². The van der Waals surface area contributed by atoms with E-state index in [4.69, 9.17) is 4.89 Å². The zero-order valence-electron chi connectivity index (χ0n) is 5.45. The average Bonchev–Trinajstić information content (AvgIpc) is 1.88. The predicted molar refractivity (Wildman–Crippen MR) is 38.3 cm³/mol. The van der Waals surface area contributed by atoms with Crippen LogP contribution in [0, 0.1) is 0 Å². The van der Waals surface area contributed by atoms with Crippen LogP contribution < -0.4 is 4.52 Å². The summed E-state index contributed by atoms with van der Waals surface area (Å²) >= 11 is 0. The molecule has 0 aliphatic rings. The Bertz CT molecular complexity index is 227. The summed E-state index contributed by atoms with van der Waals surface area (Å²) in [4.78, 5) is 8.33. The van der Waals surface area contributed by atoms with Crippen LogP contribution in [0.5, 0.6) is 5.75 Å². The molecular formula is C6H7CuO3P. The van der Waals surface area contributed by atoms with Crippen LogP contribution in [0.1, 0.15) is 0 Å². The van der Waals surface area contributed by atoms with E-state index in [0.717, 1.165) is 0 Å². The van der Waals surface area contributed by atoms with Crippen molar-refractivity contribution in [3.05, 3.63) is 30.3 Å². The molecule has 0 bridgehead atoms. The maximum Gasteiger partial charge on any atom is 0.365 e. The molecule has 0 amide bonds. The Morgan fingerprint density at radius 3 is 2.27 bits per heavy atom. The summed E-state index contributed by atoms with van der Waals surface area (Å²) in [5.41, 5.74) is 0. The first-order chi connectivity index (χ1) is 4.79. The van der Waals surface area contributed by atoms with E-state index >= 15 is 0 Å². The molecular weight excluding hydrogens is 215 g/mol. The molecule has 11 heavy (non-hydrogen) atoms. The van der Waals surface area contributed by atoms with E-state index in [1.54, 1.807) is 30.3 Å². The first kappa shape index (κ1) is 10.7. The van der Waals surface area contributed by atoms with Crippen molar-refractivity contribution in [1.29, 1.82) is 0 Å². The largest absolute Gasteiger partial charge is 0.426 e. The first-order valence-corrected chi connectivity index (χ1v) is 4.01. The van der Waals surface area contributed by atoms with Crippen molar-refractivity contribution >= 4 is 8.25 Å². The van der Waals surface area contributed by atoms with Gasteiger partial charge in [0.2, 0.25) is 0 Å². The average molecular weight is 222 g/mol. The summed E-state index contributed by atoms with van der Waals surface area (Å²) in [5, 5.41) is 0. The molecule has 0 aliphatic heterocycles. The summed E-state index contributed by atoms with van der Waals surface area (Å²) in [6, 6.07) is 8.53. The maximum atomic E-state index is 10.1. The molecule has 0 aromatic heterocycles. The second-order valence-electron chi connectivity index (χ2n) is 1.68. The molecule has 1 unspecified atom stereocenters. The van der Waals surface area contributed by atoms with Gasteiger partial charge in [-0.3, -0.25) is 0 Å². The van der Waals surface area contributed by atoms with Crippen LogP contribution >= 0.6 is 8.25 Å². The smallest absolute Gasteiger partial charge is 0.365 e. The molecule has 1 atom stereocenters. The van der Waals surface area contributed by atoms with E-state index in [1.807, 2.05) is 0 Å². The molecule has 0 fully saturated rings. The van der Waals surface area contributed by atoms with Gasteiger partial charge in [-0.25, -0.2) is 4.57 Å². The number of hydrogen-bond acceptors (Lipinski definition) is 2. The van der Waals surface area contributed by atoms with Crippen molar-refractivity contribution in [3.8, 4) is 5.75 Å². The summed E-state index contributed by atoms with van der Waals surface area (Å²) < 4.78 is 14.6. The second-order valence-corrected chi connectivity index (χ2v) is 2.42. The molecule has 0 saturated carbocycles. The predicted octanol–water partition coefficient (Wildman–Crippen LogP) is 1.44. The van der Waals surface area contributed by atoms with Crippen LogP contribution in [-0.4, -0.2) is 4.89 Å². The van der Waals surface area contributed by atoms with Gasteiger partial charge in [-0.05, 0) is 12.1 Å². The third-order valence-corrected chi connectivity index (χ3v) is 1.36. The first-order valence-electron chi connectivity index (χ1n) is 2.75. The van der Waals surface area contributed by atoms with Gasteiger partial charge < -0.3 is 9.42 Å². The fourth-order valence-electron chi connectivity index (χ4n) is 0.589. The summed E-state index contributed by atoms with van der Waals surface area (Å²) in [6.45, 7) is 0. The van der Waals surface area contributed by atoms with Gasteiger partial charge >= 0.3 is 8.25 Å². The fraction of sp³-hybridized carbons (Fsp3) is 0. The number of benzene rings is 1. The van der Waals surface area contributed by atoms with Crippen molar-refractivity contribution in [3.63, 3.8) is 0 Å². The van der Waals surface area contributed by atoms with E-state index in [-0.39, 0.29) is 17.1 Å². The minimum absolute atomic E-state index is 0. The topological polar surface area (TPSA) is 46.5 Å². The summed E-state index contributed by atoms with van der Waals surface area (Å²) in [6.07, 6.45) is 0.